The number of hydrogen-bond acceptors (Lipinski definition) is 5. The molecule has 2 aromatic carbocycles. The molecule has 3 aromatic rings. The molecule has 1 heterocycles. The third-order valence-corrected chi connectivity index (χ3v) is 4.57. The van der Waals surface area contributed by atoms with Crippen molar-refractivity contribution in [3.8, 4) is 0 Å². The molecule has 0 bridgehead atoms. The van der Waals surface area contributed by atoms with Crippen LogP contribution >= 0.6 is 11.6 Å². The summed E-state index contributed by atoms with van der Waals surface area (Å²) in [4.78, 5) is 29.6. The summed E-state index contributed by atoms with van der Waals surface area (Å²) in [5, 5.41) is 16.5. The molecule has 0 aliphatic heterocycles. The lowest BCUT2D eigenvalue weighted by Crippen LogP contribution is -2.19. The van der Waals surface area contributed by atoms with E-state index in [0.717, 1.165) is 11.3 Å². The van der Waals surface area contributed by atoms with Crippen LogP contribution in [0.25, 0.3) is 0 Å². The standard InChI is InChI=1S/C23H22ClN5O2/c1-14-3-9-20(19(11-14)23(31)29-21-10-6-17(24)13-27-21)28-22(30)16-4-7-18(8-5-16)26-12-15(2)25/h3-11,13,25-26H,12H2,1-2H3,(H,28,30)(H,27,29,31). The Labute approximate surface area is 185 Å². The highest BCUT2D eigenvalue weighted by Gasteiger charge is 2.16. The van der Waals surface area contributed by atoms with E-state index in [-0.39, 0.29) is 5.91 Å². The van der Waals surface area contributed by atoms with Crippen LogP contribution in [0.3, 0.4) is 0 Å². The molecule has 0 saturated heterocycles. The fourth-order valence-corrected chi connectivity index (χ4v) is 2.87. The maximum Gasteiger partial charge on any atom is 0.258 e. The van der Waals surface area contributed by atoms with Crippen LogP contribution in [-0.2, 0) is 0 Å². The number of anilines is 3. The van der Waals surface area contributed by atoms with E-state index in [2.05, 4.69) is 20.9 Å². The molecule has 4 N–H and O–H groups in total. The number of nitrogens with one attached hydrogen (secondary N) is 4. The van der Waals surface area contributed by atoms with Crippen LogP contribution in [0.1, 0.15) is 33.2 Å². The molecule has 8 heteroatoms. The number of hydrogen-bond donors (Lipinski definition) is 4. The molecule has 2 amide bonds. The van der Waals surface area contributed by atoms with E-state index in [1.165, 1.54) is 6.20 Å². The molecular formula is C23H22ClN5O2. The summed E-state index contributed by atoms with van der Waals surface area (Å²) in [5.74, 6) is -0.371. The van der Waals surface area contributed by atoms with E-state index >= 15 is 0 Å². The maximum absolute atomic E-state index is 12.8. The summed E-state index contributed by atoms with van der Waals surface area (Å²) in [6.07, 6.45) is 1.44. The summed E-state index contributed by atoms with van der Waals surface area (Å²) in [6.45, 7) is 4.02. The Morgan fingerprint density at radius 2 is 1.74 bits per heavy atom. The van der Waals surface area contributed by atoms with E-state index < -0.39 is 5.91 Å². The first-order valence-electron chi connectivity index (χ1n) is 9.54. The van der Waals surface area contributed by atoms with Gasteiger partial charge in [-0.1, -0.05) is 23.2 Å². The molecule has 0 radical (unpaired) electrons. The molecule has 0 aliphatic carbocycles. The molecule has 0 aliphatic rings. The fourth-order valence-electron chi connectivity index (χ4n) is 2.76. The van der Waals surface area contributed by atoms with Gasteiger partial charge in [-0.25, -0.2) is 4.98 Å². The molecule has 31 heavy (non-hydrogen) atoms. The minimum atomic E-state index is -0.393. The zero-order chi connectivity index (χ0) is 22.4. The van der Waals surface area contributed by atoms with Gasteiger partial charge in [-0.3, -0.25) is 9.59 Å². The lowest BCUT2D eigenvalue weighted by Gasteiger charge is -2.13. The quantitative estimate of drug-likeness (QED) is 0.392. The molecule has 158 valence electrons. The summed E-state index contributed by atoms with van der Waals surface area (Å²) >= 11 is 5.83. The summed E-state index contributed by atoms with van der Waals surface area (Å²) in [6, 6.07) is 15.4. The minimum absolute atomic E-state index is 0.324. The van der Waals surface area contributed by atoms with E-state index in [9.17, 15) is 9.59 Å². The zero-order valence-corrected chi connectivity index (χ0v) is 17.9. The fraction of sp³-hybridized carbons (Fsp3) is 0.130. The zero-order valence-electron chi connectivity index (χ0n) is 17.1. The van der Waals surface area contributed by atoms with Gasteiger partial charge < -0.3 is 21.4 Å². The number of rotatable bonds is 7. The number of carbonyl (C=O) groups is 2. The molecule has 0 atom stereocenters. The monoisotopic (exact) mass is 435 g/mol. The summed E-state index contributed by atoms with van der Waals surface area (Å²) < 4.78 is 0. The number of amides is 2. The van der Waals surface area contributed by atoms with Gasteiger partial charge in [0.05, 0.1) is 22.8 Å². The number of halogens is 1. The lowest BCUT2D eigenvalue weighted by molar-refractivity contribution is 0.102. The molecule has 1 aromatic heterocycles. The predicted molar refractivity (Wildman–Crippen MR) is 125 cm³/mol. The van der Waals surface area contributed by atoms with Crippen LogP contribution in [-0.4, -0.2) is 29.1 Å². The van der Waals surface area contributed by atoms with Crippen molar-refractivity contribution >= 4 is 46.3 Å². The van der Waals surface area contributed by atoms with Crippen molar-refractivity contribution < 1.29 is 9.59 Å². The minimum Gasteiger partial charge on any atom is -0.380 e. The van der Waals surface area contributed by atoms with Gasteiger partial charge in [0.15, 0.2) is 0 Å². The first-order chi connectivity index (χ1) is 14.8. The van der Waals surface area contributed by atoms with Crippen molar-refractivity contribution in [3.63, 3.8) is 0 Å². The van der Waals surface area contributed by atoms with Crippen LogP contribution < -0.4 is 16.0 Å². The molecule has 0 fully saturated rings. The normalized spacial score (nSPS) is 10.3. The van der Waals surface area contributed by atoms with Crippen LogP contribution in [0.5, 0.6) is 0 Å². The molecule has 0 spiro atoms. The molecule has 7 nitrogen and oxygen atoms in total. The Hall–Kier alpha value is -3.71. The van der Waals surface area contributed by atoms with Crippen LogP contribution in [0.15, 0.2) is 60.8 Å². The third kappa shape index (κ3) is 6.13. The Kier molecular flexibility index (Phi) is 6.99. The van der Waals surface area contributed by atoms with Crippen molar-refractivity contribution in [1.82, 2.24) is 4.98 Å². The number of aromatic nitrogens is 1. The first-order valence-corrected chi connectivity index (χ1v) is 9.92. The molecular weight excluding hydrogens is 414 g/mol. The highest BCUT2D eigenvalue weighted by Crippen LogP contribution is 2.21. The van der Waals surface area contributed by atoms with E-state index in [4.69, 9.17) is 17.0 Å². The topological polar surface area (TPSA) is 107 Å². The SMILES string of the molecule is CC(=N)CNc1ccc(C(=O)Nc2ccc(C)cc2C(=O)Nc2ccc(Cl)cn2)cc1. The van der Waals surface area contributed by atoms with Gasteiger partial charge in [0.25, 0.3) is 11.8 Å². The van der Waals surface area contributed by atoms with Crippen molar-refractivity contribution in [2.24, 2.45) is 0 Å². The number of pyridine rings is 1. The van der Waals surface area contributed by atoms with Gasteiger partial charge in [0, 0.05) is 23.2 Å². The van der Waals surface area contributed by atoms with Crippen LogP contribution in [0.4, 0.5) is 17.2 Å². The second-order valence-electron chi connectivity index (χ2n) is 7.03. The third-order valence-electron chi connectivity index (χ3n) is 4.34. The van der Waals surface area contributed by atoms with Crippen LogP contribution in [0.2, 0.25) is 5.02 Å². The first kappa shape index (κ1) is 22.0. The van der Waals surface area contributed by atoms with Crippen molar-refractivity contribution in [2.45, 2.75) is 13.8 Å². The predicted octanol–water partition coefficient (Wildman–Crippen LogP) is 5.00. The number of nitrogens with zero attached hydrogens (tertiary/aromatic N) is 1. The van der Waals surface area contributed by atoms with Gasteiger partial charge in [-0.15, -0.1) is 0 Å². The maximum atomic E-state index is 12.8. The number of aryl methyl sites for hydroxylation is 1. The Morgan fingerprint density at radius 3 is 2.39 bits per heavy atom. The van der Waals surface area contributed by atoms with Gasteiger partial charge in [0.2, 0.25) is 0 Å². The highest BCUT2D eigenvalue weighted by molar-refractivity contribution is 6.30. The highest BCUT2D eigenvalue weighted by atomic mass is 35.5. The van der Waals surface area contributed by atoms with E-state index in [0.29, 0.717) is 39.9 Å². The summed E-state index contributed by atoms with van der Waals surface area (Å²) in [5.41, 5.74) is 3.37. The van der Waals surface area contributed by atoms with Gasteiger partial charge in [-0.05, 0) is 62.4 Å². The van der Waals surface area contributed by atoms with Crippen molar-refractivity contribution in [1.29, 1.82) is 5.41 Å². The molecule has 3 rings (SSSR count). The number of carbonyl (C=O) groups excluding carboxylic acids is 2. The Morgan fingerprint density at radius 1 is 1.00 bits per heavy atom. The van der Waals surface area contributed by atoms with Gasteiger partial charge >= 0.3 is 0 Å². The van der Waals surface area contributed by atoms with Crippen LogP contribution in [0, 0.1) is 12.3 Å². The second kappa shape index (κ2) is 9.86. The van der Waals surface area contributed by atoms with Crippen molar-refractivity contribution in [3.05, 3.63) is 82.5 Å². The second-order valence-corrected chi connectivity index (χ2v) is 7.47. The average molecular weight is 436 g/mol. The smallest absolute Gasteiger partial charge is 0.258 e. The average Bonchev–Trinajstić information content (AvgIpc) is 2.75. The summed E-state index contributed by atoms with van der Waals surface area (Å²) in [7, 11) is 0. The van der Waals surface area contributed by atoms with E-state index in [1.807, 2.05) is 13.0 Å². The van der Waals surface area contributed by atoms with Gasteiger partial charge in [0.1, 0.15) is 5.82 Å². The number of benzene rings is 2. The Balaban J connectivity index is 1.75. The lowest BCUT2D eigenvalue weighted by atomic mass is 10.1. The van der Waals surface area contributed by atoms with Crippen molar-refractivity contribution in [2.75, 3.05) is 22.5 Å². The van der Waals surface area contributed by atoms with E-state index in [1.54, 1.807) is 55.5 Å². The largest absolute Gasteiger partial charge is 0.380 e. The molecule has 0 unspecified atom stereocenters. The molecule has 0 saturated carbocycles. The Bertz CT molecular complexity index is 1110. The van der Waals surface area contributed by atoms with Gasteiger partial charge in [-0.2, -0.15) is 0 Å².